The molecule has 0 spiro atoms. The predicted molar refractivity (Wildman–Crippen MR) is 116 cm³/mol. The molecule has 1 amide bonds. The molecule has 1 heterocycles. The van der Waals surface area contributed by atoms with Crippen molar-refractivity contribution in [3.8, 4) is 0 Å². The highest BCUT2D eigenvalue weighted by Crippen LogP contribution is 2.16. The van der Waals surface area contributed by atoms with Crippen molar-refractivity contribution < 1.29 is 9.32 Å². The van der Waals surface area contributed by atoms with E-state index in [1.165, 1.54) is 0 Å². The fourth-order valence-corrected chi connectivity index (χ4v) is 2.64. The second kappa shape index (κ2) is 13.8. The van der Waals surface area contributed by atoms with Crippen molar-refractivity contribution in [3.05, 3.63) is 17.0 Å². The van der Waals surface area contributed by atoms with Crippen LogP contribution in [0.2, 0.25) is 0 Å². The van der Waals surface area contributed by atoms with Gasteiger partial charge in [-0.25, -0.2) is 4.99 Å². The monoisotopic (exact) mass is 479 g/mol. The summed E-state index contributed by atoms with van der Waals surface area (Å²) in [4.78, 5) is 18.5. The zero-order chi connectivity index (χ0) is 18.7. The minimum Gasteiger partial charge on any atom is -0.361 e. The summed E-state index contributed by atoms with van der Waals surface area (Å²) in [6.07, 6.45) is 2.09. The van der Waals surface area contributed by atoms with Crippen LogP contribution in [-0.2, 0) is 24.2 Å². The van der Waals surface area contributed by atoms with Gasteiger partial charge in [-0.1, -0.05) is 19.0 Å². The molecule has 0 aliphatic rings. The number of hydrogen-bond donors (Lipinski definition) is 2. The molecule has 8 heteroatoms. The van der Waals surface area contributed by atoms with Crippen LogP contribution in [0.25, 0.3) is 0 Å². The lowest BCUT2D eigenvalue weighted by molar-refractivity contribution is -0.130. The predicted octanol–water partition coefficient (Wildman–Crippen LogP) is 2.73. The summed E-state index contributed by atoms with van der Waals surface area (Å²) < 4.78 is 5.38. The van der Waals surface area contributed by atoms with Gasteiger partial charge in [0.25, 0.3) is 0 Å². The van der Waals surface area contributed by atoms with E-state index in [1.54, 1.807) is 0 Å². The third-order valence-electron chi connectivity index (χ3n) is 4.09. The number of aryl methyl sites for hydroxylation is 2. The minimum absolute atomic E-state index is 0. The Morgan fingerprint density at radius 1 is 1.12 bits per heavy atom. The molecule has 0 aromatic carbocycles. The third-order valence-corrected chi connectivity index (χ3v) is 4.09. The van der Waals surface area contributed by atoms with E-state index in [-0.39, 0.29) is 29.9 Å². The Balaban J connectivity index is 0.00000625. The van der Waals surface area contributed by atoms with E-state index < -0.39 is 0 Å². The fraction of sp³-hybridized carbons (Fsp3) is 0.722. The van der Waals surface area contributed by atoms with Gasteiger partial charge >= 0.3 is 0 Å². The normalized spacial score (nSPS) is 11.0. The molecule has 0 saturated heterocycles. The highest BCUT2D eigenvalue weighted by Gasteiger charge is 2.13. The van der Waals surface area contributed by atoms with Gasteiger partial charge in [0.15, 0.2) is 5.96 Å². The Morgan fingerprint density at radius 2 is 1.81 bits per heavy atom. The Bertz CT molecular complexity index is 534. The molecule has 150 valence electrons. The first kappa shape index (κ1) is 24.7. The van der Waals surface area contributed by atoms with Crippen LogP contribution in [0.3, 0.4) is 0 Å². The van der Waals surface area contributed by atoms with Crippen molar-refractivity contribution >= 4 is 35.8 Å². The molecule has 0 aliphatic carbocycles. The Hall–Kier alpha value is -1.32. The maximum absolute atomic E-state index is 12.1. The van der Waals surface area contributed by atoms with Gasteiger partial charge in [0.05, 0.1) is 12.2 Å². The molecule has 0 bridgehead atoms. The molecule has 0 fully saturated rings. The average Bonchev–Trinajstić information content (AvgIpc) is 3.02. The number of amides is 1. The summed E-state index contributed by atoms with van der Waals surface area (Å²) in [5.74, 6) is 1.77. The number of aliphatic imine (C=N–C) groups is 1. The molecule has 1 aromatic heterocycles. The summed E-state index contributed by atoms with van der Waals surface area (Å²) in [6, 6.07) is 0. The van der Waals surface area contributed by atoms with Gasteiger partial charge in [0.1, 0.15) is 5.76 Å². The van der Waals surface area contributed by atoms with Gasteiger partial charge in [-0.05, 0) is 27.2 Å². The van der Waals surface area contributed by atoms with E-state index in [9.17, 15) is 4.79 Å². The van der Waals surface area contributed by atoms with Crippen LogP contribution in [0.4, 0.5) is 0 Å². The highest BCUT2D eigenvalue weighted by atomic mass is 127. The molecule has 0 unspecified atom stereocenters. The van der Waals surface area contributed by atoms with Gasteiger partial charge in [-0.2, -0.15) is 0 Å². The SMILES string of the molecule is CCNC(=NCc1c(CC)noc1CC)NCCC(=O)N(CC)CC.I. The van der Waals surface area contributed by atoms with Crippen LogP contribution in [0.15, 0.2) is 9.52 Å². The Labute approximate surface area is 174 Å². The molecule has 0 aliphatic heterocycles. The van der Waals surface area contributed by atoms with Gasteiger partial charge < -0.3 is 20.1 Å². The molecule has 26 heavy (non-hydrogen) atoms. The number of carbonyl (C=O) groups is 1. The number of nitrogens with zero attached hydrogens (tertiary/aromatic N) is 3. The van der Waals surface area contributed by atoms with E-state index >= 15 is 0 Å². The van der Waals surface area contributed by atoms with E-state index in [1.807, 2.05) is 25.7 Å². The van der Waals surface area contributed by atoms with Gasteiger partial charge in [0, 0.05) is 44.6 Å². The quantitative estimate of drug-likeness (QED) is 0.307. The van der Waals surface area contributed by atoms with Crippen molar-refractivity contribution in [2.24, 2.45) is 4.99 Å². The Morgan fingerprint density at radius 3 is 2.35 bits per heavy atom. The molecule has 0 atom stereocenters. The molecule has 0 saturated carbocycles. The highest BCUT2D eigenvalue weighted by molar-refractivity contribution is 14.0. The smallest absolute Gasteiger partial charge is 0.224 e. The first-order valence-electron chi connectivity index (χ1n) is 9.37. The topological polar surface area (TPSA) is 82.8 Å². The zero-order valence-electron chi connectivity index (χ0n) is 16.7. The number of aromatic nitrogens is 1. The lowest BCUT2D eigenvalue weighted by Crippen LogP contribution is -2.40. The molecule has 0 radical (unpaired) electrons. The number of halogens is 1. The molecule has 1 rings (SSSR count). The van der Waals surface area contributed by atoms with E-state index in [2.05, 4.69) is 34.6 Å². The maximum atomic E-state index is 12.1. The number of nitrogens with one attached hydrogen (secondary N) is 2. The number of hydrogen-bond acceptors (Lipinski definition) is 4. The van der Waals surface area contributed by atoms with E-state index in [0.29, 0.717) is 25.5 Å². The van der Waals surface area contributed by atoms with Gasteiger partial charge in [0.2, 0.25) is 5.91 Å². The minimum atomic E-state index is 0. The Kier molecular flexibility index (Phi) is 13.1. The number of rotatable bonds is 10. The lowest BCUT2D eigenvalue weighted by Gasteiger charge is -2.19. The number of guanidine groups is 1. The van der Waals surface area contributed by atoms with Crippen molar-refractivity contribution in [1.29, 1.82) is 0 Å². The third kappa shape index (κ3) is 7.51. The molecule has 2 N–H and O–H groups in total. The van der Waals surface area contributed by atoms with Crippen LogP contribution in [0.1, 0.15) is 58.1 Å². The number of carbonyl (C=O) groups excluding carboxylic acids is 1. The molecule has 1 aromatic rings. The van der Waals surface area contributed by atoms with Crippen LogP contribution in [0.5, 0.6) is 0 Å². The first-order chi connectivity index (χ1) is 12.1. The van der Waals surface area contributed by atoms with Crippen molar-refractivity contribution in [1.82, 2.24) is 20.7 Å². The first-order valence-corrected chi connectivity index (χ1v) is 9.37. The van der Waals surface area contributed by atoms with Crippen LogP contribution >= 0.6 is 24.0 Å². The largest absolute Gasteiger partial charge is 0.361 e. The van der Waals surface area contributed by atoms with E-state index in [4.69, 9.17) is 4.52 Å². The van der Waals surface area contributed by atoms with Crippen molar-refractivity contribution in [2.75, 3.05) is 26.2 Å². The second-order valence-corrected chi connectivity index (χ2v) is 5.68. The summed E-state index contributed by atoms with van der Waals surface area (Å²) in [6.45, 7) is 13.5. The van der Waals surface area contributed by atoms with Gasteiger partial charge in [-0.15, -0.1) is 24.0 Å². The second-order valence-electron chi connectivity index (χ2n) is 5.68. The molecule has 7 nitrogen and oxygen atoms in total. The van der Waals surface area contributed by atoms with Crippen molar-refractivity contribution in [2.45, 2.75) is 60.4 Å². The van der Waals surface area contributed by atoms with Crippen LogP contribution in [-0.4, -0.2) is 48.1 Å². The zero-order valence-corrected chi connectivity index (χ0v) is 19.1. The van der Waals surface area contributed by atoms with E-state index in [0.717, 1.165) is 49.5 Å². The molecular weight excluding hydrogens is 445 g/mol. The fourth-order valence-electron chi connectivity index (χ4n) is 2.64. The molecular formula is C18H34IN5O2. The summed E-state index contributed by atoms with van der Waals surface area (Å²) in [7, 11) is 0. The van der Waals surface area contributed by atoms with Gasteiger partial charge in [-0.3, -0.25) is 4.79 Å². The van der Waals surface area contributed by atoms with Crippen molar-refractivity contribution in [3.63, 3.8) is 0 Å². The summed E-state index contributed by atoms with van der Waals surface area (Å²) >= 11 is 0. The van der Waals surface area contributed by atoms with Crippen LogP contribution in [0, 0.1) is 0 Å². The maximum Gasteiger partial charge on any atom is 0.224 e. The average molecular weight is 479 g/mol. The lowest BCUT2D eigenvalue weighted by atomic mass is 10.1. The standard InChI is InChI=1S/C18H33N5O2.HI/c1-6-15-14(16(7-2)25-22-15)13-21-18(19-8-3)20-12-11-17(24)23(9-4)10-5;/h6-13H2,1-5H3,(H2,19,20,21);1H. The summed E-state index contributed by atoms with van der Waals surface area (Å²) in [5, 5.41) is 10.6. The summed E-state index contributed by atoms with van der Waals surface area (Å²) in [5.41, 5.74) is 2.04. The van der Waals surface area contributed by atoms with Crippen LogP contribution < -0.4 is 10.6 Å².